The van der Waals surface area contributed by atoms with Crippen LogP contribution in [0.15, 0.2) is 84.9 Å². The SMILES string of the molecule is FC(F)(F)c1cc(P(c2cc(C(F)(F)F)cc(C(F)(F)F)c2)[c-]2cccc2CP(C2CCCCC2)C2CCCCC2)cc(C(F)(F)F)c1.[Fe].[cH-]1[cH-][cH-][cH-][cH-]1. The second-order valence-corrected chi connectivity index (χ2v) is 18.5. The third-order valence-corrected chi connectivity index (χ3v) is 15.9. The molecule has 2 saturated carbocycles. The maximum absolute atomic E-state index is 14.0. The van der Waals surface area contributed by atoms with Crippen LogP contribution in [0.1, 0.15) is 92.0 Å². The molecular weight excluding hydrogens is 814 g/mol. The molecule has 0 heterocycles. The van der Waals surface area contributed by atoms with Crippen LogP contribution in [-0.2, 0) is 47.9 Å². The fourth-order valence-electron chi connectivity index (χ4n) is 7.26. The smallest absolute Gasteiger partial charge is 0.416 e. The Morgan fingerprint density at radius 3 is 1.17 bits per heavy atom. The standard InChI is InChI=1S/C34H33F12P2.C5H5.Fe/c35-31(36,37)22-14-23(32(38,39)40)17-28(16-22)48(29-18-24(33(41,42)43)15-25(19-29)34(44,45)46)30-13-7-8-21(30)20-47(26-9-3-1-4-10-26)27-11-5-2-6-12-27;1-2-4-5-3-1;/h7-8,13-19,26-27H,1-6,9-12,20H2;1-5H;/q-1;-5;. The minimum Gasteiger partial charge on any atom is -0.748 e. The number of halogens is 12. The van der Waals surface area contributed by atoms with E-state index in [1.54, 1.807) is 6.07 Å². The number of rotatable bonds is 7. The third kappa shape index (κ3) is 11.6. The van der Waals surface area contributed by atoms with Crippen molar-refractivity contribution in [2.45, 2.75) is 106 Å². The average molecular weight is 853 g/mol. The molecule has 0 N–H and O–H groups in total. The van der Waals surface area contributed by atoms with E-state index in [1.165, 1.54) is 12.1 Å². The summed E-state index contributed by atoms with van der Waals surface area (Å²) in [5.74, 6) is 0. The molecule has 15 heteroatoms. The molecule has 4 aromatic carbocycles. The molecule has 2 aliphatic carbocycles. The second kappa shape index (κ2) is 18.3. The quantitative estimate of drug-likeness (QED) is 0.0752. The minimum atomic E-state index is -5.27. The van der Waals surface area contributed by atoms with Crippen molar-refractivity contribution in [1.29, 1.82) is 0 Å². The monoisotopic (exact) mass is 852 g/mol. The zero-order valence-electron chi connectivity index (χ0n) is 28.8. The predicted octanol–water partition coefficient (Wildman–Crippen LogP) is 13.3. The molecule has 4 aromatic rings. The molecule has 6 rings (SSSR count). The van der Waals surface area contributed by atoms with Crippen molar-refractivity contribution in [2.24, 2.45) is 0 Å². The first-order chi connectivity index (χ1) is 24.8. The van der Waals surface area contributed by atoms with Crippen molar-refractivity contribution in [3.63, 3.8) is 0 Å². The van der Waals surface area contributed by atoms with Gasteiger partial charge in [0.2, 0.25) is 0 Å². The maximum Gasteiger partial charge on any atom is 0.416 e. The molecule has 302 valence electrons. The van der Waals surface area contributed by atoms with Gasteiger partial charge in [-0.05, 0) is 90.2 Å². The van der Waals surface area contributed by atoms with E-state index in [1.807, 2.05) is 30.3 Å². The Labute approximate surface area is 319 Å². The molecule has 0 spiro atoms. The van der Waals surface area contributed by atoms with Gasteiger partial charge in [0.1, 0.15) is 0 Å². The summed E-state index contributed by atoms with van der Waals surface area (Å²) >= 11 is 0. The minimum absolute atomic E-state index is 0. The fraction of sp³-hybridized carbons (Fsp3) is 0.436. The van der Waals surface area contributed by atoms with Gasteiger partial charge < -0.3 is 30.3 Å². The molecule has 0 nitrogen and oxygen atoms in total. The van der Waals surface area contributed by atoms with E-state index in [9.17, 15) is 52.7 Å². The third-order valence-electron chi connectivity index (χ3n) is 9.78. The first-order valence-electron chi connectivity index (χ1n) is 17.4. The fourth-order valence-corrected chi connectivity index (χ4v) is 13.8. The molecule has 0 atom stereocenters. The molecule has 0 saturated heterocycles. The Balaban J connectivity index is 0.000001000. The van der Waals surface area contributed by atoms with Gasteiger partial charge in [0.05, 0.1) is 22.3 Å². The Hall–Kier alpha value is -2.32. The van der Waals surface area contributed by atoms with Gasteiger partial charge in [-0.2, -0.15) is 64.3 Å². The summed E-state index contributed by atoms with van der Waals surface area (Å²) in [6, 6.07) is 16.1. The number of benzene rings is 2. The van der Waals surface area contributed by atoms with Crippen LogP contribution in [0.5, 0.6) is 0 Å². The molecule has 0 aromatic heterocycles. The predicted molar refractivity (Wildman–Crippen MR) is 187 cm³/mol. The van der Waals surface area contributed by atoms with Gasteiger partial charge in [0, 0.05) is 17.1 Å². The van der Waals surface area contributed by atoms with Crippen LogP contribution in [0.2, 0.25) is 0 Å². The molecule has 54 heavy (non-hydrogen) atoms. The zero-order valence-corrected chi connectivity index (χ0v) is 31.7. The van der Waals surface area contributed by atoms with E-state index in [4.69, 9.17) is 0 Å². The molecule has 2 fully saturated rings. The largest absolute Gasteiger partial charge is 0.748 e. The van der Waals surface area contributed by atoms with Gasteiger partial charge in [-0.3, -0.25) is 0 Å². The summed E-state index contributed by atoms with van der Waals surface area (Å²) in [4.78, 5) is 0. The molecular formula is C39H38F12FeP2-6. The molecule has 2 aliphatic rings. The Morgan fingerprint density at radius 2 is 0.852 bits per heavy atom. The summed E-state index contributed by atoms with van der Waals surface area (Å²) < 4.78 is 168. The molecule has 0 radical (unpaired) electrons. The summed E-state index contributed by atoms with van der Waals surface area (Å²) in [5.41, 5.74) is -5.46. The van der Waals surface area contributed by atoms with Gasteiger partial charge in [0.25, 0.3) is 0 Å². The van der Waals surface area contributed by atoms with E-state index in [2.05, 4.69) is 0 Å². The van der Waals surface area contributed by atoms with Crippen molar-refractivity contribution in [1.82, 2.24) is 0 Å². The van der Waals surface area contributed by atoms with Gasteiger partial charge in [-0.1, -0.05) is 54.4 Å². The van der Waals surface area contributed by atoms with Gasteiger partial charge in [-0.15, -0.1) is 5.30 Å². The normalized spacial score (nSPS) is 16.6. The average Bonchev–Trinajstić information content (AvgIpc) is 3.83. The summed E-state index contributed by atoms with van der Waals surface area (Å²) in [6.45, 7) is 0. The van der Waals surface area contributed by atoms with Gasteiger partial charge in [0.15, 0.2) is 0 Å². The van der Waals surface area contributed by atoms with Crippen molar-refractivity contribution >= 4 is 31.8 Å². The van der Waals surface area contributed by atoms with Crippen molar-refractivity contribution in [2.75, 3.05) is 0 Å². The molecule has 0 amide bonds. The van der Waals surface area contributed by atoms with Crippen LogP contribution < -0.4 is 15.9 Å². The summed E-state index contributed by atoms with van der Waals surface area (Å²) in [6.07, 6.45) is -10.4. The van der Waals surface area contributed by atoms with Crippen molar-refractivity contribution in [3.05, 3.63) is 113 Å². The molecule has 0 unspecified atom stereocenters. The summed E-state index contributed by atoms with van der Waals surface area (Å²) in [5, 5.41) is -1.09. The van der Waals surface area contributed by atoms with E-state index < -0.39 is 73.4 Å². The second-order valence-electron chi connectivity index (χ2n) is 13.5. The molecule has 0 bridgehead atoms. The Kier molecular flexibility index (Phi) is 15.0. The van der Waals surface area contributed by atoms with Gasteiger partial charge in [-0.25, -0.2) is 12.1 Å². The first kappa shape index (κ1) is 44.4. The van der Waals surface area contributed by atoms with E-state index in [-0.39, 0.29) is 34.5 Å². The Morgan fingerprint density at radius 1 is 0.519 bits per heavy atom. The molecule has 0 aliphatic heterocycles. The van der Waals surface area contributed by atoms with Crippen LogP contribution in [-0.4, -0.2) is 11.3 Å². The van der Waals surface area contributed by atoms with Gasteiger partial charge >= 0.3 is 24.7 Å². The maximum atomic E-state index is 14.0. The van der Waals surface area contributed by atoms with Crippen LogP contribution in [0.4, 0.5) is 52.7 Å². The van der Waals surface area contributed by atoms with Crippen molar-refractivity contribution in [3.8, 4) is 0 Å². The van der Waals surface area contributed by atoms with Crippen LogP contribution in [0.3, 0.4) is 0 Å². The van der Waals surface area contributed by atoms with Crippen LogP contribution >= 0.6 is 15.8 Å². The Bertz CT molecular complexity index is 1570. The number of alkyl halides is 12. The van der Waals surface area contributed by atoms with E-state index in [0.29, 0.717) is 47.3 Å². The zero-order chi connectivity index (χ0) is 38.6. The first-order valence-corrected chi connectivity index (χ1v) is 20.4. The topological polar surface area (TPSA) is 0 Å². The van der Waals surface area contributed by atoms with E-state index >= 15 is 0 Å². The van der Waals surface area contributed by atoms with Crippen LogP contribution in [0.25, 0.3) is 0 Å². The van der Waals surface area contributed by atoms with Crippen LogP contribution in [0, 0.1) is 0 Å². The number of hydrogen-bond acceptors (Lipinski definition) is 0. The number of hydrogen-bond donors (Lipinski definition) is 0. The summed E-state index contributed by atoms with van der Waals surface area (Å²) in [7, 11) is -3.47. The van der Waals surface area contributed by atoms with Crippen molar-refractivity contribution < 1.29 is 69.8 Å². The van der Waals surface area contributed by atoms with E-state index in [0.717, 1.165) is 64.2 Å².